The van der Waals surface area contributed by atoms with Gasteiger partial charge < -0.3 is 14.6 Å². The van der Waals surface area contributed by atoms with Crippen molar-refractivity contribution in [1.29, 1.82) is 0 Å². The lowest BCUT2D eigenvalue weighted by Crippen LogP contribution is -2.22. The van der Waals surface area contributed by atoms with Crippen molar-refractivity contribution in [3.8, 4) is 5.75 Å². The van der Waals surface area contributed by atoms with Crippen LogP contribution in [0.5, 0.6) is 5.75 Å². The predicted molar refractivity (Wildman–Crippen MR) is 161 cm³/mol. The number of ether oxygens (including phenoxy) is 1. The van der Waals surface area contributed by atoms with E-state index in [1.54, 1.807) is 24.9 Å². The number of benzene rings is 2. The van der Waals surface area contributed by atoms with Crippen LogP contribution < -0.4 is 10.1 Å². The molecule has 1 heterocycles. The highest BCUT2D eigenvalue weighted by atomic mass is 32.2. The SMILES string of the molecule is CC.COc1ccccc1CNC(=O)CCCCc1nnc(SCC2=CCC=C(F)C2)n1CCc1ccccc1. The monoisotopic (exact) mass is 564 g/mol. The number of para-hydroxylation sites is 1. The van der Waals surface area contributed by atoms with E-state index in [0.717, 1.165) is 60.1 Å². The highest BCUT2D eigenvalue weighted by Crippen LogP contribution is 2.27. The summed E-state index contributed by atoms with van der Waals surface area (Å²) in [5.41, 5.74) is 3.31. The predicted octanol–water partition coefficient (Wildman–Crippen LogP) is 7.25. The highest BCUT2D eigenvalue weighted by molar-refractivity contribution is 7.99. The number of thioether (sulfide) groups is 1. The van der Waals surface area contributed by atoms with Crippen molar-refractivity contribution in [3.63, 3.8) is 0 Å². The number of carbonyl (C=O) groups excluding carboxylic acids is 1. The molecule has 1 amide bonds. The van der Waals surface area contributed by atoms with Crippen molar-refractivity contribution in [2.45, 2.75) is 77.0 Å². The third-order valence-electron chi connectivity index (χ3n) is 6.51. The maximum Gasteiger partial charge on any atom is 0.220 e. The van der Waals surface area contributed by atoms with E-state index in [0.29, 0.717) is 31.6 Å². The summed E-state index contributed by atoms with van der Waals surface area (Å²) in [6, 6.07) is 18.1. The Balaban J connectivity index is 0.00000216. The fourth-order valence-electron chi connectivity index (χ4n) is 4.40. The number of hydrogen-bond acceptors (Lipinski definition) is 5. The van der Waals surface area contributed by atoms with Gasteiger partial charge in [-0.2, -0.15) is 0 Å². The molecule has 8 heteroatoms. The van der Waals surface area contributed by atoms with Crippen molar-refractivity contribution >= 4 is 17.7 Å². The molecule has 0 aliphatic heterocycles. The number of halogens is 1. The number of rotatable bonds is 14. The summed E-state index contributed by atoms with van der Waals surface area (Å²) < 4.78 is 21.2. The molecular formula is C32H41FN4O2S. The van der Waals surface area contributed by atoms with Gasteiger partial charge in [0.05, 0.1) is 7.11 Å². The van der Waals surface area contributed by atoms with Crippen LogP contribution in [0, 0.1) is 0 Å². The lowest BCUT2D eigenvalue weighted by Gasteiger charge is -2.12. The summed E-state index contributed by atoms with van der Waals surface area (Å²) in [5.74, 6) is 2.39. The van der Waals surface area contributed by atoms with E-state index < -0.39 is 0 Å². The summed E-state index contributed by atoms with van der Waals surface area (Å²) >= 11 is 1.62. The second kappa shape index (κ2) is 17.3. The molecule has 0 bridgehead atoms. The molecule has 1 aromatic heterocycles. The number of nitrogens with one attached hydrogen (secondary N) is 1. The molecule has 1 aliphatic rings. The van der Waals surface area contributed by atoms with Gasteiger partial charge >= 0.3 is 0 Å². The van der Waals surface area contributed by atoms with Gasteiger partial charge in [0.15, 0.2) is 5.16 Å². The smallest absolute Gasteiger partial charge is 0.220 e. The largest absolute Gasteiger partial charge is 0.496 e. The van der Waals surface area contributed by atoms with Crippen LogP contribution in [-0.2, 0) is 30.7 Å². The Hall–Kier alpha value is -3.39. The van der Waals surface area contributed by atoms with Crippen LogP contribution in [0.25, 0.3) is 0 Å². The average molecular weight is 565 g/mol. The van der Waals surface area contributed by atoms with Gasteiger partial charge in [-0.15, -0.1) is 10.2 Å². The number of aromatic nitrogens is 3. The van der Waals surface area contributed by atoms with Gasteiger partial charge in [0.2, 0.25) is 5.91 Å². The summed E-state index contributed by atoms with van der Waals surface area (Å²) in [7, 11) is 1.63. The molecule has 0 radical (unpaired) electrons. The topological polar surface area (TPSA) is 69.0 Å². The van der Waals surface area contributed by atoms with Crippen molar-refractivity contribution in [2.24, 2.45) is 0 Å². The van der Waals surface area contributed by atoms with Crippen LogP contribution in [0.1, 0.15) is 62.9 Å². The molecule has 40 heavy (non-hydrogen) atoms. The molecule has 0 atom stereocenters. The van der Waals surface area contributed by atoms with Gasteiger partial charge in [-0.25, -0.2) is 4.39 Å². The van der Waals surface area contributed by atoms with Gasteiger partial charge in [0.1, 0.15) is 17.4 Å². The number of amides is 1. The minimum absolute atomic E-state index is 0.0275. The molecule has 214 valence electrons. The van der Waals surface area contributed by atoms with Crippen molar-refractivity contribution in [1.82, 2.24) is 20.1 Å². The Morgan fingerprint density at radius 2 is 1.80 bits per heavy atom. The van der Waals surface area contributed by atoms with Gasteiger partial charge in [-0.05, 0) is 43.4 Å². The first kappa shape index (κ1) is 31.1. The Kier molecular flexibility index (Phi) is 13.5. The molecule has 0 saturated heterocycles. The number of carbonyl (C=O) groups is 1. The fourth-order valence-corrected chi connectivity index (χ4v) is 5.39. The molecule has 1 aliphatic carbocycles. The van der Waals surface area contributed by atoms with Gasteiger partial charge in [0.25, 0.3) is 0 Å². The van der Waals surface area contributed by atoms with Crippen LogP contribution in [0.2, 0.25) is 0 Å². The number of hydrogen-bond donors (Lipinski definition) is 1. The van der Waals surface area contributed by atoms with Crippen LogP contribution in [0.15, 0.2) is 83.3 Å². The number of unbranched alkanes of at least 4 members (excludes halogenated alkanes) is 1. The zero-order valence-electron chi connectivity index (χ0n) is 23.9. The quantitative estimate of drug-likeness (QED) is 0.127. The lowest BCUT2D eigenvalue weighted by atomic mass is 10.1. The van der Waals surface area contributed by atoms with E-state index in [1.807, 2.05) is 44.2 Å². The Morgan fingerprint density at radius 1 is 1.02 bits per heavy atom. The summed E-state index contributed by atoms with van der Waals surface area (Å²) in [4.78, 5) is 12.4. The zero-order chi connectivity index (χ0) is 28.6. The second-order valence-electron chi connectivity index (χ2n) is 9.30. The molecule has 2 aromatic carbocycles. The molecule has 0 saturated carbocycles. The van der Waals surface area contributed by atoms with Gasteiger partial charge in [-0.1, -0.05) is 85.8 Å². The minimum Gasteiger partial charge on any atom is -0.496 e. The van der Waals surface area contributed by atoms with Crippen LogP contribution in [-0.4, -0.2) is 33.5 Å². The Labute approximate surface area is 242 Å². The summed E-state index contributed by atoms with van der Waals surface area (Å²) in [6.45, 7) is 5.23. The third kappa shape index (κ3) is 9.97. The van der Waals surface area contributed by atoms with E-state index in [-0.39, 0.29) is 11.7 Å². The third-order valence-corrected chi connectivity index (χ3v) is 7.59. The van der Waals surface area contributed by atoms with E-state index in [2.05, 4.69) is 50.4 Å². The minimum atomic E-state index is -0.0544. The highest BCUT2D eigenvalue weighted by Gasteiger charge is 2.15. The number of methoxy groups -OCH3 is 1. The van der Waals surface area contributed by atoms with E-state index >= 15 is 0 Å². The Morgan fingerprint density at radius 3 is 2.58 bits per heavy atom. The van der Waals surface area contributed by atoms with Crippen molar-refractivity contribution in [2.75, 3.05) is 12.9 Å². The van der Waals surface area contributed by atoms with Crippen molar-refractivity contribution < 1.29 is 13.9 Å². The van der Waals surface area contributed by atoms with Gasteiger partial charge in [-0.3, -0.25) is 4.79 Å². The standard InChI is InChI=1S/C30H35FN4O2S.C2H6/c1-37-27-15-6-5-13-25(27)21-32-29(36)17-8-7-16-28-33-34-30(38-22-24-12-9-14-26(31)20-24)35(28)19-18-23-10-3-2-4-11-23;1-2/h2-6,10-15H,7-9,16-22H2,1H3,(H,32,36);1-2H3. The van der Waals surface area contributed by atoms with Crippen LogP contribution >= 0.6 is 11.8 Å². The normalized spacial score (nSPS) is 12.6. The van der Waals surface area contributed by atoms with E-state index in [9.17, 15) is 9.18 Å². The second-order valence-corrected chi connectivity index (χ2v) is 10.2. The molecular weight excluding hydrogens is 523 g/mol. The van der Waals surface area contributed by atoms with Crippen LogP contribution in [0.4, 0.5) is 4.39 Å². The molecule has 1 N–H and O–H groups in total. The number of nitrogens with zero attached hydrogens (tertiary/aromatic N) is 3. The molecule has 6 nitrogen and oxygen atoms in total. The molecule has 4 rings (SSSR count). The first-order valence-corrected chi connectivity index (χ1v) is 15.1. The van der Waals surface area contributed by atoms with Crippen LogP contribution in [0.3, 0.4) is 0 Å². The maximum absolute atomic E-state index is 13.7. The zero-order valence-corrected chi connectivity index (χ0v) is 24.7. The first-order chi connectivity index (χ1) is 19.6. The lowest BCUT2D eigenvalue weighted by molar-refractivity contribution is -0.121. The van der Waals surface area contributed by atoms with E-state index in [1.165, 1.54) is 5.56 Å². The average Bonchev–Trinajstić information content (AvgIpc) is 3.39. The molecule has 3 aromatic rings. The summed E-state index contributed by atoms with van der Waals surface area (Å²) in [5, 5.41) is 12.8. The van der Waals surface area contributed by atoms with Crippen molar-refractivity contribution in [3.05, 3.63) is 95.1 Å². The van der Waals surface area contributed by atoms with E-state index in [4.69, 9.17) is 4.74 Å². The Bertz CT molecular complexity index is 1260. The molecule has 0 spiro atoms. The molecule has 0 fully saturated rings. The first-order valence-electron chi connectivity index (χ1n) is 14.1. The fraction of sp³-hybridized carbons (Fsp3) is 0.406. The number of aryl methyl sites for hydroxylation is 2. The van der Waals surface area contributed by atoms with Gasteiger partial charge in [0, 0.05) is 43.7 Å². The maximum atomic E-state index is 13.7. The number of allylic oxidation sites excluding steroid dienone is 3. The summed E-state index contributed by atoms with van der Waals surface area (Å²) in [6.07, 6.45) is 8.47. The molecule has 0 unspecified atom stereocenters.